The third-order valence-electron chi connectivity index (χ3n) is 1.64. The number of hydrogen-bond acceptors (Lipinski definition) is 3. The van der Waals surface area contributed by atoms with Gasteiger partial charge in [-0.05, 0) is 12.3 Å². The number of aliphatic hydroxyl groups is 1. The molecule has 0 aromatic rings. The van der Waals surface area contributed by atoms with E-state index in [2.05, 4.69) is 4.74 Å². The van der Waals surface area contributed by atoms with Crippen LogP contribution in [-0.2, 0) is 9.53 Å². The molecule has 3 nitrogen and oxygen atoms in total. The molecule has 11 heavy (non-hydrogen) atoms. The van der Waals surface area contributed by atoms with Gasteiger partial charge in [-0.25, -0.2) is 0 Å². The molecule has 0 spiro atoms. The molecule has 0 bridgehead atoms. The minimum atomic E-state index is -0.394. The summed E-state index contributed by atoms with van der Waals surface area (Å²) in [6, 6.07) is 0. The maximum atomic E-state index is 10.6. The van der Waals surface area contributed by atoms with Crippen LogP contribution < -0.4 is 0 Å². The summed E-state index contributed by atoms with van der Waals surface area (Å²) in [6.45, 7) is 3.84. The number of rotatable bonds is 4. The highest BCUT2D eigenvalue weighted by Crippen LogP contribution is 2.07. The Bertz CT molecular complexity index is 121. The van der Waals surface area contributed by atoms with Gasteiger partial charge in [0, 0.05) is 6.42 Å². The summed E-state index contributed by atoms with van der Waals surface area (Å²) in [5, 5.41) is 9.26. The van der Waals surface area contributed by atoms with Crippen molar-refractivity contribution < 1.29 is 14.6 Å². The van der Waals surface area contributed by atoms with E-state index >= 15 is 0 Å². The van der Waals surface area contributed by atoms with Gasteiger partial charge < -0.3 is 9.84 Å². The Morgan fingerprint density at radius 3 is 2.45 bits per heavy atom. The van der Waals surface area contributed by atoms with Crippen molar-refractivity contribution in [1.82, 2.24) is 0 Å². The summed E-state index contributed by atoms with van der Waals surface area (Å²) in [5.74, 6) is -0.0515. The summed E-state index contributed by atoms with van der Waals surface area (Å²) >= 11 is 0. The Balaban J connectivity index is 3.45. The van der Waals surface area contributed by atoms with Crippen molar-refractivity contribution in [3.05, 3.63) is 0 Å². The SMILES string of the molecule is COC(=O)CCC(O)C(C)C. The fourth-order valence-corrected chi connectivity index (χ4v) is 0.701. The van der Waals surface area contributed by atoms with E-state index in [4.69, 9.17) is 0 Å². The molecule has 0 radical (unpaired) electrons. The van der Waals surface area contributed by atoms with Gasteiger partial charge in [0.2, 0.25) is 0 Å². The average Bonchev–Trinajstić information content (AvgIpc) is 1.99. The van der Waals surface area contributed by atoms with Crippen molar-refractivity contribution in [2.75, 3.05) is 7.11 Å². The number of aliphatic hydroxyl groups excluding tert-OH is 1. The first-order valence-corrected chi connectivity index (χ1v) is 3.82. The van der Waals surface area contributed by atoms with Crippen molar-refractivity contribution in [3.63, 3.8) is 0 Å². The predicted molar refractivity (Wildman–Crippen MR) is 42.1 cm³/mol. The molecule has 0 heterocycles. The second-order valence-corrected chi connectivity index (χ2v) is 2.93. The Morgan fingerprint density at radius 2 is 2.09 bits per heavy atom. The summed E-state index contributed by atoms with van der Waals surface area (Å²) in [6.07, 6.45) is 0.397. The molecule has 1 unspecified atom stereocenters. The molecule has 1 N–H and O–H groups in total. The standard InChI is InChI=1S/C8H16O3/c1-6(2)7(9)4-5-8(10)11-3/h6-7,9H,4-5H2,1-3H3. The van der Waals surface area contributed by atoms with Crippen LogP contribution in [-0.4, -0.2) is 24.3 Å². The van der Waals surface area contributed by atoms with Crippen molar-refractivity contribution >= 4 is 5.97 Å². The molecule has 0 amide bonds. The van der Waals surface area contributed by atoms with Gasteiger partial charge in [0.05, 0.1) is 13.2 Å². The highest BCUT2D eigenvalue weighted by atomic mass is 16.5. The summed E-state index contributed by atoms with van der Waals surface area (Å²) in [7, 11) is 1.35. The topological polar surface area (TPSA) is 46.5 Å². The summed E-state index contributed by atoms with van der Waals surface area (Å²) < 4.78 is 4.43. The Hall–Kier alpha value is -0.570. The molecule has 0 aliphatic carbocycles. The summed E-state index contributed by atoms with van der Waals surface area (Å²) in [4.78, 5) is 10.6. The van der Waals surface area contributed by atoms with Crippen molar-refractivity contribution in [3.8, 4) is 0 Å². The van der Waals surface area contributed by atoms with Crippen LogP contribution in [0.2, 0.25) is 0 Å². The second kappa shape index (κ2) is 5.13. The lowest BCUT2D eigenvalue weighted by Gasteiger charge is -2.12. The van der Waals surface area contributed by atoms with Crippen LogP contribution in [0.15, 0.2) is 0 Å². The quantitative estimate of drug-likeness (QED) is 0.623. The highest BCUT2D eigenvalue weighted by molar-refractivity contribution is 5.69. The van der Waals surface area contributed by atoms with E-state index in [0.717, 1.165) is 0 Å². The highest BCUT2D eigenvalue weighted by Gasteiger charge is 2.11. The molecule has 0 aromatic carbocycles. The van der Waals surface area contributed by atoms with Gasteiger partial charge in [-0.1, -0.05) is 13.8 Å². The molecule has 0 saturated carbocycles. The number of carbonyl (C=O) groups is 1. The predicted octanol–water partition coefficient (Wildman–Crippen LogP) is 0.956. The van der Waals surface area contributed by atoms with E-state index in [-0.39, 0.29) is 11.9 Å². The number of methoxy groups -OCH3 is 1. The number of ether oxygens (including phenoxy) is 1. The van der Waals surface area contributed by atoms with Crippen LogP contribution in [0, 0.1) is 5.92 Å². The van der Waals surface area contributed by atoms with E-state index in [0.29, 0.717) is 12.8 Å². The zero-order chi connectivity index (χ0) is 8.85. The molecular formula is C8H16O3. The molecule has 3 heteroatoms. The monoisotopic (exact) mass is 160 g/mol. The van der Waals surface area contributed by atoms with Crippen molar-refractivity contribution in [1.29, 1.82) is 0 Å². The Labute approximate surface area is 67.4 Å². The molecule has 0 fully saturated rings. The maximum Gasteiger partial charge on any atom is 0.305 e. The number of hydrogen-bond donors (Lipinski definition) is 1. The Kier molecular flexibility index (Phi) is 4.86. The van der Waals surface area contributed by atoms with E-state index in [1.807, 2.05) is 13.8 Å². The van der Waals surface area contributed by atoms with Crippen LogP contribution in [0.1, 0.15) is 26.7 Å². The normalized spacial score (nSPS) is 13.2. The molecule has 1 atom stereocenters. The van der Waals surface area contributed by atoms with Gasteiger partial charge in [0.25, 0.3) is 0 Å². The Morgan fingerprint density at radius 1 is 1.55 bits per heavy atom. The zero-order valence-electron chi connectivity index (χ0n) is 7.33. The minimum absolute atomic E-state index is 0.208. The van der Waals surface area contributed by atoms with E-state index < -0.39 is 6.10 Å². The second-order valence-electron chi connectivity index (χ2n) is 2.93. The number of esters is 1. The van der Waals surface area contributed by atoms with Gasteiger partial charge >= 0.3 is 5.97 Å². The third kappa shape index (κ3) is 4.79. The molecule has 0 aliphatic heterocycles. The van der Waals surface area contributed by atoms with E-state index in [1.165, 1.54) is 7.11 Å². The van der Waals surface area contributed by atoms with Gasteiger partial charge in [0.15, 0.2) is 0 Å². The van der Waals surface area contributed by atoms with Crippen molar-refractivity contribution in [2.45, 2.75) is 32.8 Å². The summed E-state index contributed by atoms with van der Waals surface area (Å²) in [5.41, 5.74) is 0. The molecule has 0 aliphatic rings. The molecular weight excluding hydrogens is 144 g/mol. The van der Waals surface area contributed by atoms with E-state index in [1.54, 1.807) is 0 Å². The van der Waals surface area contributed by atoms with Gasteiger partial charge in [-0.15, -0.1) is 0 Å². The lowest BCUT2D eigenvalue weighted by molar-refractivity contribution is -0.141. The fourth-order valence-electron chi connectivity index (χ4n) is 0.701. The van der Waals surface area contributed by atoms with Crippen LogP contribution in [0.4, 0.5) is 0 Å². The molecule has 0 aromatic heterocycles. The molecule has 0 saturated heterocycles. The first-order valence-electron chi connectivity index (χ1n) is 3.82. The fraction of sp³-hybridized carbons (Fsp3) is 0.875. The van der Waals surface area contributed by atoms with Crippen LogP contribution >= 0.6 is 0 Å². The maximum absolute atomic E-state index is 10.6. The smallest absolute Gasteiger partial charge is 0.305 e. The molecule has 66 valence electrons. The lowest BCUT2D eigenvalue weighted by atomic mass is 10.0. The average molecular weight is 160 g/mol. The van der Waals surface area contributed by atoms with Crippen molar-refractivity contribution in [2.24, 2.45) is 5.92 Å². The van der Waals surface area contributed by atoms with Gasteiger partial charge in [0.1, 0.15) is 0 Å². The zero-order valence-corrected chi connectivity index (χ0v) is 7.33. The minimum Gasteiger partial charge on any atom is -0.469 e. The van der Waals surface area contributed by atoms with Crippen LogP contribution in [0.25, 0.3) is 0 Å². The first kappa shape index (κ1) is 10.4. The van der Waals surface area contributed by atoms with Gasteiger partial charge in [-0.2, -0.15) is 0 Å². The molecule has 0 rings (SSSR count). The van der Waals surface area contributed by atoms with Crippen LogP contribution in [0.5, 0.6) is 0 Å². The van der Waals surface area contributed by atoms with Gasteiger partial charge in [-0.3, -0.25) is 4.79 Å². The third-order valence-corrected chi connectivity index (χ3v) is 1.64. The van der Waals surface area contributed by atoms with E-state index in [9.17, 15) is 9.90 Å². The first-order chi connectivity index (χ1) is 5.07. The number of carbonyl (C=O) groups excluding carboxylic acids is 1. The largest absolute Gasteiger partial charge is 0.469 e. The lowest BCUT2D eigenvalue weighted by Crippen LogP contribution is -2.16. The van der Waals surface area contributed by atoms with Crippen LogP contribution in [0.3, 0.4) is 0 Å².